The van der Waals surface area contributed by atoms with Crippen LogP contribution in [0.15, 0.2) is 39.2 Å². The quantitative estimate of drug-likeness (QED) is 0.733. The van der Waals surface area contributed by atoms with Crippen molar-refractivity contribution < 1.29 is 9.90 Å². The van der Waals surface area contributed by atoms with Crippen LogP contribution in [-0.4, -0.2) is 41.8 Å². The Morgan fingerprint density at radius 1 is 1.35 bits per heavy atom. The van der Waals surface area contributed by atoms with E-state index in [9.17, 15) is 4.79 Å². The Morgan fingerprint density at radius 2 is 2.20 bits per heavy atom. The van der Waals surface area contributed by atoms with Gasteiger partial charge in [-0.05, 0) is 11.6 Å². The van der Waals surface area contributed by atoms with E-state index in [0.717, 1.165) is 0 Å². The zero-order valence-corrected chi connectivity index (χ0v) is 10.5. The second kappa shape index (κ2) is 5.12. The number of hydrogen-bond donors (Lipinski definition) is 3. The summed E-state index contributed by atoms with van der Waals surface area (Å²) in [6, 6.07) is 6.71. The minimum absolute atomic E-state index is 0.121. The number of carboxylic acids is 1. The number of fused-ring (bicyclic) bond motifs is 1. The molecule has 20 heavy (non-hydrogen) atoms. The Balaban J connectivity index is 1.74. The van der Waals surface area contributed by atoms with E-state index in [0.29, 0.717) is 17.9 Å². The molecule has 7 nitrogen and oxygen atoms in total. The van der Waals surface area contributed by atoms with Crippen LogP contribution in [0.2, 0.25) is 0 Å². The van der Waals surface area contributed by atoms with E-state index in [4.69, 9.17) is 5.11 Å². The topological polar surface area (TPSA) is 98.4 Å². The normalized spacial score (nSPS) is 22.9. The summed E-state index contributed by atoms with van der Waals surface area (Å²) in [4.78, 5) is 23.7. The van der Waals surface area contributed by atoms with Gasteiger partial charge in [0.05, 0.1) is 11.9 Å². The minimum atomic E-state index is -0.937. The van der Waals surface area contributed by atoms with Crippen molar-refractivity contribution in [2.24, 2.45) is 15.0 Å². The molecule has 3 rings (SSSR count). The van der Waals surface area contributed by atoms with Crippen LogP contribution in [0.1, 0.15) is 15.9 Å². The molecule has 0 aliphatic carbocycles. The molecule has 2 aliphatic heterocycles. The lowest BCUT2D eigenvalue weighted by Gasteiger charge is -2.20. The van der Waals surface area contributed by atoms with Crippen LogP contribution in [0.4, 0.5) is 0 Å². The van der Waals surface area contributed by atoms with Crippen molar-refractivity contribution in [3.05, 3.63) is 35.4 Å². The molecule has 1 aromatic rings. The van der Waals surface area contributed by atoms with Crippen LogP contribution in [0.25, 0.3) is 0 Å². The fraction of sp³-hybridized carbons (Fsp3) is 0.231. The van der Waals surface area contributed by atoms with E-state index in [1.807, 2.05) is 6.07 Å². The maximum absolute atomic E-state index is 11.1. The highest BCUT2D eigenvalue weighted by Crippen LogP contribution is 2.12. The number of rotatable bonds is 3. The van der Waals surface area contributed by atoms with Crippen LogP contribution >= 0.6 is 0 Å². The van der Waals surface area contributed by atoms with Gasteiger partial charge in [-0.1, -0.05) is 18.2 Å². The van der Waals surface area contributed by atoms with Crippen molar-refractivity contribution >= 4 is 24.5 Å². The van der Waals surface area contributed by atoms with Crippen molar-refractivity contribution in [3.8, 4) is 0 Å². The summed E-state index contributed by atoms with van der Waals surface area (Å²) in [7, 11) is 0. The Bertz CT molecular complexity index is 623. The number of hydrogen-bond acceptors (Lipinski definition) is 6. The van der Waals surface area contributed by atoms with Crippen molar-refractivity contribution in [2.45, 2.75) is 18.8 Å². The second-order valence-corrected chi connectivity index (χ2v) is 4.43. The molecule has 2 aliphatic rings. The molecule has 0 amide bonds. The summed E-state index contributed by atoms with van der Waals surface area (Å²) < 4.78 is 0. The lowest BCUT2D eigenvalue weighted by Crippen LogP contribution is -2.44. The summed E-state index contributed by atoms with van der Waals surface area (Å²) in [6.07, 6.45) is 2.97. The first kappa shape index (κ1) is 12.3. The summed E-state index contributed by atoms with van der Waals surface area (Å²) in [5.41, 5.74) is 0.992. The number of nitrogens with one attached hydrogen (secondary N) is 2. The number of carbonyl (C=O) groups is 1. The first-order valence-electron chi connectivity index (χ1n) is 6.18. The number of benzene rings is 1. The monoisotopic (exact) mass is 271 g/mol. The lowest BCUT2D eigenvalue weighted by molar-refractivity contribution is 0.0695. The molecular weight excluding hydrogens is 258 g/mol. The molecule has 2 unspecified atom stereocenters. The van der Waals surface area contributed by atoms with E-state index in [1.54, 1.807) is 24.5 Å². The van der Waals surface area contributed by atoms with Crippen LogP contribution in [0.5, 0.6) is 0 Å². The van der Waals surface area contributed by atoms with Crippen molar-refractivity contribution in [1.29, 1.82) is 0 Å². The van der Waals surface area contributed by atoms with Gasteiger partial charge in [-0.2, -0.15) is 0 Å². The lowest BCUT2D eigenvalue weighted by atomic mass is 10.1. The molecule has 0 radical (unpaired) electrons. The zero-order valence-electron chi connectivity index (χ0n) is 10.5. The van der Waals surface area contributed by atoms with Gasteiger partial charge in [-0.3, -0.25) is 4.99 Å². The Hall–Kier alpha value is -2.70. The van der Waals surface area contributed by atoms with Crippen LogP contribution in [0.3, 0.4) is 0 Å². The third-order valence-electron chi connectivity index (χ3n) is 3.19. The molecule has 0 bridgehead atoms. The van der Waals surface area contributed by atoms with E-state index in [1.165, 1.54) is 6.34 Å². The highest BCUT2D eigenvalue weighted by molar-refractivity contribution is 5.97. The highest BCUT2D eigenvalue weighted by Gasteiger charge is 2.30. The first-order chi connectivity index (χ1) is 9.75. The summed E-state index contributed by atoms with van der Waals surface area (Å²) in [5.74, 6) is -0.251. The fourth-order valence-corrected chi connectivity index (χ4v) is 2.18. The molecule has 0 spiro atoms. The van der Waals surface area contributed by atoms with Gasteiger partial charge in [0.2, 0.25) is 0 Å². The number of aromatic carboxylic acids is 1. The number of nitrogens with zero attached hydrogens (tertiary/aromatic N) is 3. The van der Waals surface area contributed by atoms with Crippen molar-refractivity contribution in [3.63, 3.8) is 0 Å². The van der Waals surface area contributed by atoms with E-state index >= 15 is 0 Å². The summed E-state index contributed by atoms with van der Waals surface area (Å²) in [5, 5.41) is 15.3. The van der Waals surface area contributed by atoms with E-state index in [2.05, 4.69) is 25.6 Å². The van der Waals surface area contributed by atoms with Crippen molar-refractivity contribution in [2.75, 3.05) is 0 Å². The Kier molecular flexibility index (Phi) is 3.16. The van der Waals surface area contributed by atoms with E-state index < -0.39 is 5.97 Å². The third-order valence-corrected chi connectivity index (χ3v) is 3.19. The SMILES string of the molecule is O=C(O)c1ccccc1CNC1=NC=NC2NC=NC12. The van der Waals surface area contributed by atoms with Crippen LogP contribution in [0, 0.1) is 0 Å². The molecule has 0 saturated heterocycles. The molecule has 0 aromatic heterocycles. The predicted octanol–water partition coefficient (Wildman–Crippen LogP) is 0.241. The molecule has 1 aromatic carbocycles. The van der Waals surface area contributed by atoms with Gasteiger partial charge in [-0.25, -0.2) is 14.8 Å². The summed E-state index contributed by atoms with van der Waals surface area (Å²) >= 11 is 0. The largest absolute Gasteiger partial charge is 0.478 e. The predicted molar refractivity (Wildman–Crippen MR) is 75.4 cm³/mol. The maximum Gasteiger partial charge on any atom is 0.336 e. The van der Waals surface area contributed by atoms with Gasteiger partial charge in [0.15, 0.2) is 6.17 Å². The van der Waals surface area contributed by atoms with Gasteiger partial charge >= 0.3 is 5.97 Å². The van der Waals surface area contributed by atoms with Gasteiger partial charge in [0, 0.05) is 6.54 Å². The van der Waals surface area contributed by atoms with E-state index in [-0.39, 0.29) is 17.8 Å². The number of carboxylic acid groups (broad SMARTS) is 1. The molecule has 0 fully saturated rings. The fourth-order valence-electron chi connectivity index (χ4n) is 2.18. The Labute approximate surface area is 115 Å². The van der Waals surface area contributed by atoms with Gasteiger partial charge in [-0.15, -0.1) is 0 Å². The average molecular weight is 271 g/mol. The molecule has 0 saturated carbocycles. The summed E-state index contributed by atoms with van der Waals surface area (Å²) in [6.45, 7) is 0.383. The average Bonchev–Trinajstić information content (AvgIpc) is 2.94. The highest BCUT2D eigenvalue weighted by atomic mass is 16.4. The second-order valence-electron chi connectivity index (χ2n) is 4.43. The van der Waals surface area contributed by atoms with Gasteiger partial charge < -0.3 is 15.7 Å². The molecule has 3 N–H and O–H groups in total. The molecule has 7 heteroatoms. The Morgan fingerprint density at radius 3 is 3.05 bits per heavy atom. The molecule has 102 valence electrons. The first-order valence-corrected chi connectivity index (χ1v) is 6.18. The number of amidine groups is 1. The van der Waals surface area contributed by atoms with Crippen LogP contribution in [-0.2, 0) is 6.54 Å². The zero-order chi connectivity index (χ0) is 13.9. The third kappa shape index (κ3) is 2.25. The molecule has 2 atom stereocenters. The standard InChI is InChI=1S/C13H13N5O2/c19-13(20)9-4-2-1-3-8(9)5-14-11-10-12(16-6-15-10)18-7-17-11/h1-4,6-7,10,12H,5H2,(H,15,16)(H,19,20)(H,14,17,18). The molecular formula is C13H13N5O2. The van der Waals surface area contributed by atoms with Crippen LogP contribution < -0.4 is 10.6 Å². The molecule has 2 heterocycles. The smallest absolute Gasteiger partial charge is 0.336 e. The number of aliphatic imine (C=N–C) groups is 3. The minimum Gasteiger partial charge on any atom is -0.478 e. The van der Waals surface area contributed by atoms with Gasteiger partial charge in [0.1, 0.15) is 18.2 Å². The maximum atomic E-state index is 11.1. The van der Waals surface area contributed by atoms with Crippen molar-refractivity contribution in [1.82, 2.24) is 10.6 Å². The van der Waals surface area contributed by atoms with Gasteiger partial charge in [0.25, 0.3) is 0 Å².